The van der Waals surface area contributed by atoms with Crippen LogP contribution in [0, 0.1) is 13.8 Å². The Balaban J connectivity index is 1.78. The Hall–Kier alpha value is -2.76. The molecule has 148 valence electrons. The Kier molecular flexibility index (Phi) is 4.25. The molecular formula is C22H30N6. The fraction of sp³-hybridized carbons (Fsp3) is 0.455. The van der Waals surface area contributed by atoms with Gasteiger partial charge in [-0.2, -0.15) is 5.10 Å². The molecule has 0 saturated heterocycles. The summed E-state index contributed by atoms with van der Waals surface area (Å²) >= 11 is 0. The van der Waals surface area contributed by atoms with Gasteiger partial charge < -0.3 is 14.4 Å². The van der Waals surface area contributed by atoms with Crippen LogP contribution in [0.5, 0.6) is 0 Å². The maximum Gasteiger partial charge on any atom is 0.153 e. The summed E-state index contributed by atoms with van der Waals surface area (Å²) in [5, 5.41) is 4.58. The van der Waals surface area contributed by atoms with Crippen LogP contribution in [-0.2, 0) is 12.6 Å². The topological polar surface area (TPSA) is 42.1 Å². The van der Waals surface area contributed by atoms with Gasteiger partial charge in [-0.05, 0) is 59.7 Å². The average molecular weight is 379 g/mol. The Morgan fingerprint density at radius 3 is 2.32 bits per heavy atom. The van der Waals surface area contributed by atoms with Crippen LogP contribution in [0.2, 0.25) is 0 Å². The van der Waals surface area contributed by atoms with Crippen LogP contribution in [0.15, 0.2) is 36.5 Å². The summed E-state index contributed by atoms with van der Waals surface area (Å²) < 4.78 is 4.23. The van der Waals surface area contributed by atoms with Crippen LogP contribution in [-0.4, -0.2) is 26.0 Å². The van der Waals surface area contributed by atoms with Crippen molar-refractivity contribution in [3.05, 3.63) is 53.7 Å². The van der Waals surface area contributed by atoms with E-state index in [1.54, 1.807) is 0 Å². The second-order valence-corrected chi connectivity index (χ2v) is 8.49. The lowest BCUT2D eigenvalue weighted by atomic mass is 9.97. The first kappa shape index (κ1) is 18.6. The predicted octanol–water partition coefficient (Wildman–Crippen LogP) is 4.67. The van der Waals surface area contributed by atoms with E-state index in [1.165, 1.54) is 17.1 Å². The molecule has 0 spiro atoms. The quantitative estimate of drug-likeness (QED) is 0.662. The van der Waals surface area contributed by atoms with Gasteiger partial charge in [0.2, 0.25) is 0 Å². The van der Waals surface area contributed by atoms with Crippen molar-refractivity contribution in [2.75, 3.05) is 16.5 Å². The molecule has 4 rings (SSSR count). The van der Waals surface area contributed by atoms with Crippen molar-refractivity contribution < 1.29 is 0 Å². The second-order valence-electron chi connectivity index (χ2n) is 8.49. The van der Waals surface area contributed by atoms with E-state index in [9.17, 15) is 0 Å². The van der Waals surface area contributed by atoms with Gasteiger partial charge in [-0.3, -0.25) is 4.68 Å². The molecule has 3 aromatic rings. The highest BCUT2D eigenvalue weighted by molar-refractivity contribution is 5.82. The van der Waals surface area contributed by atoms with Gasteiger partial charge in [0.25, 0.3) is 0 Å². The van der Waals surface area contributed by atoms with E-state index in [0.717, 1.165) is 24.0 Å². The normalized spacial score (nSPS) is 14.3. The molecule has 0 saturated carbocycles. The third-order valence-corrected chi connectivity index (χ3v) is 5.79. The fourth-order valence-electron chi connectivity index (χ4n) is 4.33. The minimum Gasteiger partial charge on any atom is -0.341 e. The molecule has 1 aromatic carbocycles. The van der Waals surface area contributed by atoms with Crippen LogP contribution in [0.3, 0.4) is 0 Å². The van der Waals surface area contributed by atoms with Crippen molar-refractivity contribution in [1.82, 2.24) is 19.3 Å². The molecule has 28 heavy (non-hydrogen) atoms. The third-order valence-electron chi connectivity index (χ3n) is 5.79. The first-order chi connectivity index (χ1) is 13.2. The summed E-state index contributed by atoms with van der Waals surface area (Å²) in [4.78, 5) is 9.63. The molecule has 1 aliphatic rings. The fourth-order valence-corrected chi connectivity index (χ4v) is 4.33. The van der Waals surface area contributed by atoms with Crippen molar-refractivity contribution in [3.8, 4) is 0 Å². The van der Waals surface area contributed by atoms with Gasteiger partial charge in [-0.1, -0.05) is 12.1 Å². The molecule has 0 N–H and O–H groups in total. The van der Waals surface area contributed by atoms with E-state index < -0.39 is 0 Å². The Labute approximate surface area is 167 Å². The summed E-state index contributed by atoms with van der Waals surface area (Å²) in [6, 6.07) is 11.2. The highest BCUT2D eigenvalue weighted by atomic mass is 15.4. The molecule has 0 radical (unpaired) electrons. The lowest BCUT2D eigenvalue weighted by Gasteiger charge is -2.37. The zero-order valence-electron chi connectivity index (χ0n) is 17.9. The lowest BCUT2D eigenvalue weighted by Crippen LogP contribution is -2.44. The lowest BCUT2D eigenvalue weighted by molar-refractivity contribution is 0.453. The zero-order chi connectivity index (χ0) is 20.2. The molecule has 0 aliphatic carbocycles. The van der Waals surface area contributed by atoms with Gasteiger partial charge in [0, 0.05) is 19.3 Å². The monoisotopic (exact) mass is 378 g/mol. The maximum atomic E-state index is 4.87. The van der Waals surface area contributed by atoms with Crippen molar-refractivity contribution in [3.63, 3.8) is 0 Å². The van der Waals surface area contributed by atoms with Gasteiger partial charge in [0.1, 0.15) is 5.82 Å². The van der Waals surface area contributed by atoms with Gasteiger partial charge in [-0.25, -0.2) is 4.98 Å². The predicted molar refractivity (Wildman–Crippen MR) is 114 cm³/mol. The van der Waals surface area contributed by atoms with Crippen molar-refractivity contribution in [2.24, 2.45) is 7.05 Å². The first-order valence-electron chi connectivity index (χ1n) is 9.91. The number of aryl methyl sites for hydroxylation is 3. The number of para-hydroxylation sites is 2. The van der Waals surface area contributed by atoms with Crippen molar-refractivity contribution in [1.29, 1.82) is 0 Å². The van der Waals surface area contributed by atoms with E-state index in [2.05, 4.69) is 90.6 Å². The second kappa shape index (κ2) is 6.40. The minimum absolute atomic E-state index is 0.212. The Morgan fingerprint density at radius 1 is 1.07 bits per heavy atom. The number of fused-ring (bicyclic) bond motifs is 1. The number of hydrogen-bond donors (Lipinski definition) is 0. The SMILES string of the molecule is Cc1cc(C(C)(C)N2CN(c3cn(C(C)C)c(C)n3)c3ccccc32)n(C)n1. The van der Waals surface area contributed by atoms with E-state index in [0.29, 0.717) is 6.04 Å². The number of aromatic nitrogens is 4. The summed E-state index contributed by atoms with van der Waals surface area (Å²) in [6.45, 7) is 13.8. The largest absolute Gasteiger partial charge is 0.341 e. The molecule has 6 nitrogen and oxygen atoms in total. The van der Waals surface area contributed by atoms with E-state index in [1.807, 2.05) is 18.7 Å². The molecule has 6 heteroatoms. The molecule has 3 heterocycles. The van der Waals surface area contributed by atoms with Gasteiger partial charge in [-0.15, -0.1) is 0 Å². The molecular weight excluding hydrogens is 348 g/mol. The average Bonchev–Trinajstić information content (AvgIpc) is 3.29. The van der Waals surface area contributed by atoms with E-state index in [4.69, 9.17) is 4.98 Å². The molecule has 0 amide bonds. The standard InChI is InChI=1S/C22H30N6/c1-15(2)26-13-21(23-17(26)4)27-14-28(19-11-9-8-10-18(19)27)22(5,6)20-12-16(3)24-25(20)7/h8-13,15H,14H2,1-7H3. The van der Waals surface area contributed by atoms with Gasteiger partial charge in [0.05, 0.1) is 35.0 Å². The van der Waals surface area contributed by atoms with Crippen LogP contribution < -0.4 is 9.80 Å². The summed E-state index contributed by atoms with van der Waals surface area (Å²) in [5.74, 6) is 2.04. The molecule has 2 aromatic heterocycles. The number of benzene rings is 1. The zero-order valence-corrected chi connectivity index (χ0v) is 17.9. The molecule has 0 atom stereocenters. The smallest absolute Gasteiger partial charge is 0.153 e. The van der Waals surface area contributed by atoms with E-state index in [-0.39, 0.29) is 5.54 Å². The molecule has 1 aliphatic heterocycles. The molecule has 0 fully saturated rings. The van der Waals surface area contributed by atoms with E-state index >= 15 is 0 Å². The number of imidazole rings is 1. The van der Waals surface area contributed by atoms with Crippen LogP contribution >= 0.6 is 0 Å². The van der Waals surface area contributed by atoms with Crippen LogP contribution in [0.1, 0.15) is 50.9 Å². The third kappa shape index (κ3) is 2.79. The maximum absolute atomic E-state index is 4.87. The summed E-state index contributed by atoms with van der Waals surface area (Å²) in [7, 11) is 2.03. The number of rotatable bonds is 4. The van der Waals surface area contributed by atoms with Crippen molar-refractivity contribution >= 4 is 17.2 Å². The summed E-state index contributed by atoms with van der Waals surface area (Å²) in [5.41, 5.74) is 4.45. The van der Waals surface area contributed by atoms with Crippen molar-refractivity contribution in [2.45, 2.75) is 53.1 Å². The number of hydrogen-bond acceptors (Lipinski definition) is 4. The highest BCUT2D eigenvalue weighted by Gasteiger charge is 2.39. The number of nitrogens with zero attached hydrogens (tertiary/aromatic N) is 6. The number of anilines is 3. The van der Waals surface area contributed by atoms with Gasteiger partial charge in [0.15, 0.2) is 5.82 Å². The Bertz CT molecular complexity index is 1010. The molecule has 0 unspecified atom stereocenters. The highest BCUT2D eigenvalue weighted by Crippen LogP contribution is 2.45. The van der Waals surface area contributed by atoms with Crippen LogP contribution in [0.4, 0.5) is 17.2 Å². The minimum atomic E-state index is -0.212. The Morgan fingerprint density at radius 2 is 1.75 bits per heavy atom. The molecule has 0 bridgehead atoms. The van der Waals surface area contributed by atoms with Gasteiger partial charge >= 0.3 is 0 Å². The van der Waals surface area contributed by atoms with Crippen LogP contribution in [0.25, 0.3) is 0 Å². The summed E-state index contributed by atoms with van der Waals surface area (Å²) in [6.07, 6.45) is 2.17. The first-order valence-corrected chi connectivity index (χ1v) is 9.91.